The van der Waals surface area contributed by atoms with E-state index >= 15 is 0 Å². The van der Waals surface area contributed by atoms with Crippen LogP contribution in [0.3, 0.4) is 0 Å². The van der Waals surface area contributed by atoms with Crippen molar-refractivity contribution in [1.82, 2.24) is 11.0 Å². The number of hydrogen-bond acceptors (Lipinski definition) is 10. The van der Waals surface area contributed by atoms with Gasteiger partial charge in [-0.3, -0.25) is 21.4 Å². The van der Waals surface area contributed by atoms with E-state index in [4.69, 9.17) is 35.7 Å². The van der Waals surface area contributed by atoms with Gasteiger partial charge >= 0.3 is 16.8 Å². The van der Waals surface area contributed by atoms with Crippen LogP contribution in [0.15, 0.2) is 91.5 Å². The molecule has 39 heavy (non-hydrogen) atoms. The molecule has 0 aliphatic heterocycles. The Morgan fingerprint density at radius 3 is 0.974 bits per heavy atom. The van der Waals surface area contributed by atoms with Gasteiger partial charge in [0.15, 0.2) is 0 Å². The molecule has 0 aromatic heterocycles. The number of rotatable bonds is 4. The van der Waals surface area contributed by atoms with Gasteiger partial charge in [-0.05, 0) is 60.0 Å². The van der Waals surface area contributed by atoms with Gasteiger partial charge in [0.25, 0.3) is 0 Å². The van der Waals surface area contributed by atoms with Crippen molar-refractivity contribution in [3.63, 3.8) is 0 Å². The molecule has 0 saturated carbocycles. The Balaban J connectivity index is -0.000000445. The van der Waals surface area contributed by atoms with Crippen LogP contribution in [0.4, 0.5) is 0 Å². The maximum atomic E-state index is 9.65. The monoisotopic (exact) mass is 621 g/mol. The van der Waals surface area contributed by atoms with E-state index in [1.807, 2.05) is 24.3 Å². The second-order valence-corrected chi connectivity index (χ2v) is 11.3. The molecule has 0 fully saturated rings. The summed E-state index contributed by atoms with van der Waals surface area (Å²) in [5, 5.41) is 21.4. The molecule has 8 nitrogen and oxygen atoms in total. The molecule has 0 unspecified atom stereocenters. The first-order valence-corrected chi connectivity index (χ1v) is 12.6. The summed E-state index contributed by atoms with van der Waals surface area (Å²) in [4.78, 5) is 21.1. The van der Waals surface area contributed by atoms with Crippen LogP contribution in [-0.4, -0.2) is 10.4 Å². The van der Waals surface area contributed by atoms with Crippen LogP contribution in [0.5, 0.6) is 0 Å². The van der Waals surface area contributed by atoms with Crippen molar-refractivity contribution in [2.24, 2.45) is 10.4 Å². The first kappa shape index (κ1) is 41.1. The van der Waals surface area contributed by atoms with Crippen molar-refractivity contribution < 1.29 is 27.2 Å². The van der Waals surface area contributed by atoms with Crippen molar-refractivity contribution in [2.75, 3.05) is 0 Å². The SMILES string of the molecule is C/C(N=O)=C(\C)NO.C/C(N=O)=C(\C)NO.CC(C)(C)c1ccc([S-])cc1.CC(C)(C)c1ccc([S-])cc1.[Co+2]. The molecular weight excluding hydrogens is 579 g/mol. The smallest absolute Gasteiger partial charge is 0.780 e. The van der Waals surface area contributed by atoms with E-state index < -0.39 is 0 Å². The minimum Gasteiger partial charge on any atom is -0.780 e. The number of hydroxylamine groups is 2. The molecule has 0 saturated heterocycles. The average Bonchev–Trinajstić information content (AvgIpc) is 2.87. The minimum atomic E-state index is 0. The van der Waals surface area contributed by atoms with Crippen molar-refractivity contribution in [3.05, 3.63) is 92.3 Å². The van der Waals surface area contributed by atoms with Gasteiger partial charge in [-0.25, -0.2) is 0 Å². The van der Waals surface area contributed by atoms with E-state index in [0.29, 0.717) is 11.4 Å². The zero-order valence-corrected chi connectivity index (χ0v) is 27.0. The third-order valence-electron chi connectivity index (χ3n) is 5.14. The number of nitrogens with one attached hydrogen (secondary N) is 2. The molecule has 0 atom stereocenters. The zero-order chi connectivity index (χ0) is 30.1. The summed E-state index contributed by atoms with van der Waals surface area (Å²) in [6.45, 7) is 19.3. The molecule has 11 heteroatoms. The van der Waals surface area contributed by atoms with E-state index in [-0.39, 0.29) is 39.0 Å². The van der Waals surface area contributed by atoms with E-state index in [2.05, 4.69) is 76.2 Å². The molecule has 2 rings (SSSR count). The van der Waals surface area contributed by atoms with Crippen molar-refractivity contribution >= 4 is 25.3 Å². The third kappa shape index (κ3) is 19.3. The van der Waals surface area contributed by atoms with Crippen LogP contribution < -0.4 is 11.0 Å². The fourth-order valence-corrected chi connectivity index (χ4v) is 2.48. The van der Waals surface area contributed by atoms with Crippen LogP contribution >= 0.6 is 0 Å². The zero-order valence-electron chi connectivity index (χ0n) is 24.4. The Labute approximate surface area is 255 Å². The number of nitroso groups, excluding NO2 is 2. The summed E-state index contributed by atoms with van der Waals surface area (Å²) >= 11 is 9.99. The molecule has 0 bridgehead atoms. The quantitative estimate of drug-likeness (QED) is 0.155. The molecule has 2 aromatic carbocycles. The van der Waals surface area contributed by atoms with Crippen molar-refractivity contribution in [3.8, 4) is 0 Å². The number of allylic oxidation sites excluding steroid dienone is 4. The first-order valence-electron chi connectivity index (χ1n) is 11.8. The van der Waals surface area contributed by atoms with Crippen molar-refractivity contribution in [1.29, 1.82) is 0 Å². The third-order valence-corrected chi connectivity index (χ3v) is 5.68. The van der Waals surface area contributed by atoms with Gasteiger partial charge in [-0.15, -0.1) is 9.81 Å². The molecular formula is C28H42CoN4O4S2. The molecule has 2 aromatic rings. The Bertz CT molecular complexity index is 960. The normalized spacial score (nSPS) is 11.6. The van der Waals surface area contributed by atoms with E-state index in [0.717, 1.165) is 9.79 Å². The maximum absolute atomic E-state index is 9.65. The summed E-state index contributed by atoms with van der Waals surface area (Å²) < 4.78 is 0. The largest absolute Gasteiger partial charge is 2.00 e. The summed E-state index contributed by atoms with van der Waals surface area (Å²) in [5.41, 5.74) is 8.02. The molecule has 0 aliphatic carbocycles. The summed E-state index contributed by atoms with van der Waals surface area (Å²) in [5.74, 6) is 0. The molecule has 0 aliphatic rings. The van der Waals surface area contributed by atoms with Crippen LogP contribution in [0, 0.1) is 9.81 Å². The predicted molar refractivity (Wildman–Crippen MR) is 160 cm³/mol. The minimum absolute atomic E-state index is 0. The molecule has 0 heterocycles. The molecule has 219 valence electrons. The Morgan fingerprint density at radius 1 is 0.615 bits per heavy atom. The van der Waals surface area contributed by atoms with Gasteiger partial charge < -0.3 is 25.3 Å². The summed E-state index contributed by atoms with van der Waals surface area (Å²) in [6.07, 6.45) is 0. The molecule has 1 radical (unpaired) electrons. The van der Waals surface area contributed by atoms with E-state index in [1.165, 1.54) is 25.0 Å². The molecule has 0 amide bonds. The van der Waals surface area contributed by atoms with Gasteiger partial charge in [0, 0.05) is 0 Å². The number of benzene rings is 2. The Hall–Kier alpha value is -2.41. The van der Waals surface area contributed by atoms with Gasteiger partial charge in [0.2, 0.25) is 0 Å². The number of nitrogens with zero attached hydrogens (tertiary/aromatic N) is 2. The average molecular weight is 622 g/mol. The van der Waals surface area contributed by atoms with Crippen LogP contribution in [0.25, 0.3) is 0 Å². The number of hydrogen-bond donors (Lipinski definition) is 4. The fourth-order valence-electron chi connectivity index (χ4n) is 2.21. The first-order chi connectivity index (χ1) is 17.4. The van der Waals surface area contributed by atoms with E-state index in [1.54, 1.807) is 24.8 Å². The predicted octanol–water partition coefficient (Wildman–Crippen LogP) is 7.74. The Morgan fingerprint density at radius 2 is 0.846 bits per heavy atom. The van der Waals surface area contributed by atoms with Gasteiger partial charge in [0.1, 0.15) is 11.4 Å². The van der Waals surface area contributed by atoms with Crippen molar-refractivity contribution in [2.45, 2.75) is 89.9 Å². The van der Waals surface area contributed by atoms with E-state index in [9.17, 15) is 9.81 Å². The maximum Gasteiger partial charge on any atom is 2.00 e. The molecule has 4 N–H and O–H groups in total. The Kier molecular flexibility index (Phi) is 21.6. The molecule has 0 spiro atoms. The topological polar surface area (TPSA) is 123 Å². The van der Waals surface area contributed by atoms with Crippen LogP contribution in [0.1, 0.15) is 80.4 Å². The van der Waals surface area contributed by atoms with Crippen LogP contribution in [-0.2, 0) is 52.9 Å². The van der Waals surface area contributed by atoms with Crippen LogP contribution in [0.2, 0.25) is 0 Å². The van der Waals surface area contributed by atoms with Gasteiger partial charge in [-0.2, -0.15) is 9.79 Å². The van der Waals surface area contributed by atoms with Gasteiger partial charge in [-0.1, -0.05) is 90.1 Å². The fraction of sp³-hybridized carbons (Fsp3) is 0.429. The summed E-state index contributed by atoms with van der Waals surface area (Å²) in [7, 11) is 0. The second kappa shape index (κ2) is 20.5. The second-order valence-electron chi connectivity index (χ2n) is 10.4. The van der Waals surface area contributed by atoms with Gasteiger partial charge in [0.05, 0.1) is 11.4 Å². The summed E-state index contributed by atoms with van der Waals surface area (Å²) in [6, 6.07) is 16.3. The standard InChI is InChI=1S/2C10H14S.2C4H8N2O2.Co/c2*1-10(2,3)8-4-6-9(11)7-5-8;2*1-3(5-7)4(2)6-8;/h2*4-7,11H,1-3H3;2*5,7H,1-2H3;/q;;;;+2/p-2/b;;2*4-3-;.